The Kier molecular flexibility index (Phi) is 4.48. The molecule has 0 aromatic heterocycles. The molecule has 1 aromatic carbocycles. The molecule has 0 spiro atoms. The van der Waals surface area contributed by atoms with Gasteiger partial charge < -0.3 is 10.1 Å². The highest BCUT2D eigenvalue weighted by atomic mass is 19.1. The third-order valence-electron chi connectivity index (χ3n) is 5.46. The molecule has 21 heavy (non-hydrogen) atoms. The lowest BCUT2D eigenvalue weighted by atomic mass is 9.82. The summed E-state index contributed by atoms with van der Waals surface area (Å²) in [4.78, 5) is 0. The van der Waals surface area contributed by atoms with Gasteiger partial charge in [-0.1, -0.05) is 25.5 Å². The largest absolute Gasteiger partial charge is 0.494 e. The lowest BCUT2D eigenvalue weighted by Gasteiger charge is -2.28. The average Bonchev–Trinajstić information content (AvgIpc) is 3.10. The molecule has 3 heteroatoms. The first-order valence-corrected chi connectivity index (χ1v) is 8.28. The molecule has 0 aliphatic heterocycles. The van der Waals surface area contributed by atoms with Crippen molar-refractivity contribution in [2.24, 2.45) is 17.8 Å². The fourth-order valence-electron chi connectivity index (χ4n) is 4.49. The van der Waals surface area contributed by atoms with Crippen LogP contribution in [0, 0.1) is 23.6 Å². The maximum Gasteiger partial charge on any atom is 0.169 e. The summed E-state index contributed by atoms with van der Waals surface area (Å²) < 4.78 is 19.7. The van der Waals surface area contributed by atoms with E-state index >= 15 is 0 Å². The third kappa shape index (κ3) is 2.94. The monoisotopic (exact) mass is 291 g/mol. The predicted octanol–water partition coefficient (Wildman–Crippen LogP) is 4.31. The fraction of sp³-hybridized carbons (Fsp3) is 0.667. The van der Waals surface area contributed by atoms with Crippen LogP contribution in [0.25, 0.3) is 0 Å². The molecule has 1 N–H and O–H groups in total. The van der Waals surface area contributed by atoms with Crippen molar-refractivity contribution in [3.8, 4) is 5.75 Å². The number of rotatable bonds is 6. The fourth-order valence-corrected chi connectivity index (χ4v) is 4.49. The van der Waals surface area contributed by atoms with Gasteiger partial charge in [0.2, 0.25) is 0 Å². The van der Waals surface area contributed by atoms with Crippen molar-refractivity contribution in [2.75, 3.05) is 13.7 Å². The molecule has 4 atom stereocenters. The summed E-state index contributed by atoms with van der Waals surface area (Å²) >= 11 is 0. The van der Waals surface area contributed by atoms with E-state index in [-0.39, 0.29) is 11.9 Å². The number of hydrogen-bond donors (Lipinski definition) is 1. The Hall–Kier alpha value is -1.09. The molecule has 0 amide bonds. The van der Waals surface area contributed by atoms with Crippen LogP contribution in [0.2, 0.25) is 0 Å². The topological polar surface area (TPSA) is 21.3 Å². The molecule has 2 aliphatic carbocycles. The van der Waals surface area contributed by atoms with Gasteiger partial charge in [-0.25, -0.2) is 4.39 Å². The molecule has 2 fully saturated rings. The first-order chi connectivity index (χ1) is 10.2. The number of nitrogens with one attached hydrogen (secondary N) is 1. The average molecular weight is 291 g/mol. The molecule has 4 unspecified atom stereocenters. The van der Waals surface area contributed by atoms with Crippen LogP contribution in [0.4, 0.5) is 4.39 Å². The molecular weight excluding hydrogens is 265 g/mol. The van der Waals surface area contributed by atoms with Gasteiger partial charge in [-0.3, -0.25) is 0 Å². The highest BCUT2D eigenvalue weighted by Gasteiger charge is 2.40. The lowest BCUT2D eigenvalue weighted by Crippen LogP contribution is -2.26. The van der Waals surface area contributed by atoms with Crippen LogP contribution in [0.3, 0.4) is 0 Å². The molecule has 0 radical (unpaired) electrons. The number of fused-ring (bicyclic) bond motifs is 2. The highest BCUT2D eigenvalue weighted by molar-refractivity contribution is 5.33. The van der Waals surface area contributed by atoms with Crippen molar-refractivity contribution < 1.29 is 9.13 Å². The van der Waals surface area contributed by atoms with Crippen molar-refractivity contribution in [3.63, 3.8) is 0 Å². The van der Waals surface area contributed by atoms with Crippen LogP contribution in [0.5, 0.6) is 5.75 Å². The van der Waals surface area contributed by atoms with Gasteiger partial charge in [0.25, 0.3) is 0 Å². The SMILES string of the molecule is CCNC(CC1CC2CCC1C2)c1cccc(OC)c1F. The van der Waals surface area contributed by atoms with Crippen LogP contribution in [0.15, 0.2) is 18.2 Å². The second kappa shape index (κ2) is 6.35. The minimum Gasteiger partial charge on any atom is -0.494 e. The molecule has 2 aliphatic rings. The standard InChI is InChI=1S/C18H26FNO/c1-3-20-16(11-14-10-12-7-8-13(14)9-12)15-5-4-6-17(21-2)18(15)19/h4-6,12-14,16,20H,3,7-11H2,1-2H3. The van der Waals surface area contributed by atoms with E-state index in [9.17, 15) is 4.39 Å². The van der Waals surface area contributed by atoms with Crippen molar-refractivity contribution >= 4 is 0 Å². The maximum absolute atomic E-state index is 14.5. The molecule has 2 nitrogen and oxygen atoms in total. The van der Waals surface area contributed by atoms with Crippen molar-refractivity contribution in [3.05, 3.63) is 29.6 Å². The van der Waals surface area contributed by atoms with Gasteiger partial charge in [0.1, 0.15) is 0 Å². The smallest absolute Gasteiger partial charge is 0.169 e. The van der Waals surface area contributed by atoms with Gasteiger partial charge in [0.05, 0.1) is 7.11 Å². The van der Waals surface area contributed by atoms with Crippen LogP contribution >= 0.6 is 0 Å². The quantitative estimate of drug-likeness (QED) is 0.843. The summed E-state index contributed by atoms with van der Waals surface area (Å²) in [5, 5.41) is 3.48. The Morgan fingerprint density at radius 3 is 2.81 bits per heavy atom. The molecule has 2 bridgehead atoms. The normalized spacial score (nSPS) is 28.8. The molecule has 3 rings (SSSR count). The first kappa shape index (κ1) is 14.8. The molecule has 116 valence electrons. The first-order valence-electron chi connectivity index (χ1n) is 8.28. The van der Waals surface area contributed by atoms with Crippen LogP contribution in [0.1, 0.15) is 50.6 Å². The predicted molar refractivity (Wildman–Crippen MR) is 82.9 cm³/mol. The van der Waals surface area contributed by atoms with Crippen LogP contribution < -0.4 is 10.1 Å². The number of halogens is 1. The Morgan fingerprint density at radius 2 is 2.19 bits per heavy atom. The van der Waals surface area contributed by atoms with Crippen LogP contribution in [-0.2, 0) is 0 Å². The van der Waals surface area contributed by atoms with Gasteiger partial charge in [-0.05, 0) is 56.0 Å². The summed E-state index contributed by atoms with van der Waals surface area (Å²) in [5.41, 5.74) is 0.763. The van der Waals surface area contributed by atoms with E-state index in [2.05, 4.69) is 12.2 Å². The van der Waals surface area contributed by atoms with E-state index in [1.165, 1.54) is 32.8 Å². The van der Waals surface area contributed by atoms with E-state index in [1.54, 1.807) is 6.07 Å². The van der Waals surface area contributed by atoms with Gasteiger partial charge in [0, 0.05) is 11.6 Å². The van der Waals surface area contributed by atoms with E-state index < -0.39 is 0 Å². The Bertz CT molecular complexity index is 490. The Labute approximate surface area is 127 Å². The lowest BCUT2D eigenvalue weighted by molar-refractivity contribution is 0.276. The second-order valence-corrected chi connectivity index (χ2v) is 6.64. The number of benzene rings is 1. The Balaban J connectivity index is 1.78. The van der Waals surface area contributed by atoms with E-state index in [0.29, 0.717) is 5.75 Å². The maximum atomic E-state index is 14.5. The van der Waals surface area contributed by atoms with Gasteiger partial charge >= 0.3 is 0 Å². The molecule has 1 aromatic rings. The van der Waals surface area contributed by atoms with Gasteiger partial charge in [0.15, 0.2) is 11.6 Å². The summed E-state index contributed by atoms with van der Waals surface area (Å²) in [6, 6.07) is 5.59. The molecule has 0 heterocycles. The van der Waals surface area contributed by atoms with Crippen molar-refractivity contribution in [1.82, 2.24) is 5.32 Å². The minimum absolute atomic E-state index is 0.106. The summed E-state index contributed by atoms with van der Waals surface area (Å²) in [7, 11) is 1.53. The molecule has 2 saturated carbocycles. The summed E-state index contributed by atoms with van der Waals surface area (Å²) in [6.07, 6.45) is 6.61. The van der Waals surface area contributed by atoms with Crippen LogP contribution in [-0.4, -0.2) is 13.7 Å². The van der Waals surface area contributed by atoms with Crippen molar-refractivity contribution in [1.29, 1.82) is 0 Å². The van der Waals surface area contributed by atoms with Gasteiger partial charge in [-0.2, -0.15) is 0 Å². The zero-order valence-electron chi connectivity index (χ0n) is 13.1. The number of methoxy groups -OCH3 is 1. The highest BCUT2D eigenvalue weighted by Crippen LogP contribution is 2.51. The van der Waals surface area contributed by atoms with E-state index in [4.69, 9.17) is 4.74 Å². The molecular formula is C18H26FNO. The summed E-state index contributed by atoms with van der Waals surface area (Å²) in [6.45, 7) is 2.95. The summed E-state index contributed by atoms with van der Waals surface area (Å²) in [5.74, 6) is 2.73. The van der Waals surface area contributed by atoms with Crippen molar-refractivity contribution in [2.45, 2.75) is 45.1 Å². The number of hydrogen-bond acceptors (Lipinski definition) is 2. The zero-order chi connectivity index (χ0) is 14.8. The minimum atomic E-state index is -0.200. The van der Waals surface area contributed by atoms with Gasteiger partial charge in [-0.15, -0.1) is 0 Å². The van der Waals surface area contributed by atoms with E-state index in [1.807, 2.05) is 12.1 Å². The third-order valence-corrected chi connectivity index (χ3v) is 5.46. The second-order valence-electron chi connectivity index (χ2n) is 6.64. The zero-order valence-corrected chi connectivity index (χ0v) is 13.1. The number of ether oxygens (including phenoxy) is 1. The Morgan fingerprint density at radius 1 is 1.33 bits per heavy atom. The van der Waals surface area contributed by atoms with E-state index in [0.717, 1.165) is 36.3 Å². The molecule has 0 saturated heterocycles.